The van der Waals surface area contributed by atoms with E-state index in [1.165, 1.54) is 19.2 Å². The summed E-state index contributed by atoms with van der Waals surface area (Å²) in [5.74, 6) is 0. The molecule has 0 unspecified atom stereocenters. The third kappa shape index (κ3) is 2.95. The molecule has 0 bridgehead atoms. The zero-order valence-corrected chi connectivity index (χ0v) is 11.7. The van der Waals surface area contributed by atoms with Gasteiger partial charge in [-0.1, -0.05) is 27.5 Å². The van der Waals surface area contributed by atoms with Gasteiger partial charge in [0.15, 0.2) is 0 Å². The van der Waals surface area contributed by atoms with Crippen molar-refractivity contribution in [1.82, 2.24) is 4.31 Å². The van der Waals surface area contributed by atoms with Crippen LogP contribution in [-0.2, 0) is 10.0 Å². The molecular formula is C9H11BrClNO3S. The molecule has 0 spiro atoms. The highest BCUT2D eigenvalue weighted by Gasteiger charge is 2.23. The average molecular weight is 329 g/mol. The lowest BCUT2D eigenvalue weighted by Crippen LogP contribution is -2.29. The van der Waals surface area contributed by atoms with E-state index in [9.17, 15) is 8.42 Å². The molecule has 0 saturated carbocycles. The van der Waals surface area contributed by atoms with Crippen molar-refractivity contribution in [2.24, 2.45) is 0 Å². The number of aliphatic hydroxyl groups is 1. The zero-order chi connectivity index (χ0) is 12.3. The third-order valence-corrected chi connectivity index (χ3v) is 4.83. The minimum absolute atomic E-state index is 0.0273. The summed E-state index contributed by atoms with van der Waals surface area (Å²) in [6.45, 7) is -0.202. The highest BCUT2D eigenvalue weighted by atomic mass is 79.9. The number of halogens is 2. The summed E-state index contributed by atoms with van der Waals surface area (Å²) in [6.07, 6.45) is 0. The van der Waals surface area contributed by atoms with Crippen LogP contribution in [0.4, 0.5) is 0 Å². The summed E-state index contributed by atoms with van der Waals surface area (Å²) < 4.78 is 25.7. The highest BCUT2D eigenvalue weighted by Crippen LogP contribution is 2.27. The standard InChI is InChI=1S/C9H11BrClNO3S/c1-12(4-5-13)16(14,15)9-6-7(10)2-3-8(9)11/h2-3,6,13H,4-5H2,1H3. The molecule has 0 radical (unpaired) electrons. The largest absolute Gasteiger partial charge is 0.395 e. The number of nitrogens with zero attached hydrogens (tertiary/aromatic N) is 1. The van der Waals surface area contributed by atoms with Gasteiger partial charge in [0, 0.05) is 18.1 Å². The molecule has 0 fully saturated rings. The summed E-state index contributed by atoms with van der Waals surface area (Å²) in [6, 6.07) is 4.60. The molecule has 1 aromatic carbocycles. The fourth-order valence-electron chi connectivity index (χ4n) is 1.10. The van der Waals surface area contributed by atoms with Gasteiger partial charge < -0.3 is 5.11 Å². The maximum atomic E-state index is 12.0. The van der Waals surface area contributed by atoms with E-state index in [0.29, 0.717) is 4.47 Å². The molecule has 0 aliphatic heterocycles. The molecule has 4 nitrogen and oxygen atoms in total. The normalized spacial score (nSPS) is 12.1. The summed E-state index contributed by atoms with van der Waals surface area (Å²) in [5, 5.41) is 8.88. The molecule has 0 aromatic heterocycles. The Morgan fingerprint density at radius 2 is 2.12 bits per heavy atom. The van der Waals surface area contributed by atoms with Crippen molar-refractivity contribution in [3.05, 3.63) is 27.7 Å². The molecule has 1 N–H and O–H groups in total. The van der Waals surface area contributed by atoms with Crippen molar-refractivity contribution in [3.63, 3.8) is 0 Å². The van der Waals surface area contributed by atoms with E-state index in [0.717, 1.165) is 4.31 Å². The molecule has 16 heavy (non-hydrogen) atoms. The minimum Gasteiger partial charge on any atom is -0.395 e. The lowest BCUT2D eigenvalue weighted by Gasteiger charge is -2.16. The lowest BCUT2D eigenvalue weighted by atomic mass is 10.4. The maximum absolute atomic E-state index is 12.0. The van der Waals surface area contributed by atoms with Crippen LogP contribution < -0.4 is 0 Å². The van der Waals surface area contributed by atoms with Gasteiger partial charge in [0.25, 0.3) is 0 Å². The number of benzene rings is 1. The van der Waals surface area contributed by atoms with Crippen molar-refractivity contribution >= 4 is 37.6 Å². The van der Waals surface area contributed by atoms with Crippen molar-refractivity contribution in [3.8, 4) is 0 Å². The van der Waals surface area contributed by atoms with E-state index >= 15 is 0 Å². The molecule has 0 heterocycles. The smallest absolute Gasteiger partial charge is 0.244 e. The van der Waals surface area contributed by atoms with Gasteiger partial charge >= 0.3 is 0 Å². The molecule has 0 amide bonds. The SMILES string of the molecule is CN(CCO)S(=O)(=O)c1cc(Br)ccc1Cl. The van der Waals surface area contributed by atoms with Crippen LogP contribution in [0.5, 0.6) is 0 Å². The molecule has 7 heteroatoms. The average Bonchev–Trinajstić information content (AvgIpc) is 2.22. The van der Waals surface area contributed by atoms with Gasteiger partial charge in [-0.25, -0.2) is 8.42 Å². The first-order valence-corrected chi connectivity index (χ1v) is 7.03. The van der Waals surface area contributed by atoms with E-state index in [-0.39, 0.29) is 23.1 Å². The van der Waals surface area contributed by atoms with Crippen LogP contribution in [0.15, 0.2) is 27.6 Å². The van der Waals surface area contributed by atoms with E-state index in [2.05, 4.69) is 15.9 Å². The van der Waals surface area contributed by atoms with Crippen LogP contribution in [0.3, 0.4) is 0 Å². The molecular weight excluding hydrogens is 318 g/mol. The third-order valence-electron chi connectivity index (χ3n) is 2.00. The monoisotopic (exact) mass is 327 g/mol. The predicted molar refractivity (Wildman–Crippen MR) is 66.1 cm³/mol. The lowest BCUT2D eigenvalue weighted by molar-refractivity contribution is 0.266. The Hall–Kier alpha value is -0.140. The Morgan fingerprint density at radius 1 is 1.50 bits per heavy atom. The van der Waals surface area contributed by atoms with Gasteiger partial charge in [-0.15, -0.1) is 0 Å². The second kappa shape index (κ2) is 5.46. The van der Waals surface area contributed by atoms with Crippen molar-refractivity contribution in [1.29, 1.82) is 0 Å². The maximum Gasteiger partial charge on any atom is 0.244 e. The van der Waals surface area contributed by atoms with Crippen LogP contribution in [0.2, 0.25) is 5.02 Å². The summed E-state index contributed by atoms with van der Waals surface area (Å²) in [5.41, 5.74) is 0. The van der Waals surface area contributed by atoms with Crippen LogP contribution >= 0.6 is 27.5 Å². The molecule has 1 rings (SSSR count). The van der Waals surface area contributed by atoms with Gasteiger partial charge in [-0.3, -0.25) is 0 Å². The number of likely N-dealkylation sites (N-methyl/N-ethyl adjacent to an activating group) is 1. The van der Waals surface area contributed by atoms with Crippen LogP contribution in [0.1, 0.15) is 0 Å². The van der Waals surface area contributed by atoms with Crippen molar-refractivity contribution in [2.45, 2.75) is 4.90 Å². The summed E-state index contributed by atoms with van der Waals surface area (Å²) >= 11 is 9.02. The number of rotatable bonds is 4. The molecule has 0 saturated heterocycles. The zero-order valence-electron chi connectivity index (χ0n) is 8.52. The number of aliphatic hydroxyl groups excluding tert-OH is 1. The van der Waals surface area contributed by atoms with Crippen LogP contribution in [0, 0.1) is 0 Å². The quantitative estimate of drug-likeness (QED) is 0.915. The first-order chi connectivity index (χ1) is 7.39. The minimum atomic E-state index is -3.64. The van der Waals surface area contributed by atoms with Gasteiger partial charge in [-0.05, 0) is 18.2 Å². The molecule has 0 atom stereocenters. The second-order valence-corrected chi connectivity index (χ2v) is 6.46. The van der Waals surface area contributed by atoms with Crippen LogP contribution in [-0.4, -0.2) is 38.0 Å². The number of hydrogen-bond acceptors (Lipinski definition) is 3. The van der Waals surface area contributed by atoms with E-state index in [4.69, 9.17) is 16.7 Å². The fraction of sp³-hybridized carbons (Fsp3) is 0.333. The van der Waals surface area contributed by atoms with Crippen molar-refractivity contribution in [2.75, 3.05) is 20.2 Å². The van der Waals surface area contributed by atoms with E-state index in [1.807, 2.05) is 0 Å². The van der Waals surface area contributed by atoms with Crippen molar-refractivity contribution < 1.29 is 13.5 Å². The Kier molecular flexibility index (Phi) is 4.75. The number of sulfonamides is 1. The fourth-order valence-corrected chi connectivity index (χ4v) is 3.27. The van der Waals surface area contributed by atoms with Gasteiger partial charge in [-0.2, -0.15) is 4.31 Å². The Balaban J connectivity index is 3.21. The van der Waals surface area contributed by atoms with E-state index in [1.54, 1.807) is 6.07 Å². The first-order valence-electron chi connectivity index (χ1n) is 4.42. The molecule has 1 aromatic rings. The Bertz CT molecular complexity index is 478. The van der Waals surface area contributed by atoms with Gasteiger partial charge in [0.1, 0.15) is 4.90 Å². The van der Waals surface area contributed by atoms with E-state index < -0.39 is 10.0 Å². The molecule has 0 aliphatic rings. The summed E-state index contributed by atoms with van der Waals surface area (Å²) in [7, 11) is -2.25. The topological polar surface area (TPSA) is 57.6 Å². The number of hydrogen-bond donors (Lipinski definition) is 1. The van der Waals surface area contributed by atoms with Gasteiger partial charge in [0.05, 0.1) is 11.6 Å². The first kappa shape index (κ1) is 13.9. The predicted octanol–water partition coefficient (Wildman–Crippen LogP) is 1.72. The second-order valence-electron chi connectivity index (χ2n) is 3.12. The Morgan fingerprint density at radius 3 is 2.69 bits per heavy atom. The molecule has 0 aliphatic carbocycles. The van der Waals surface area contributed by atoms with Gasteiger partial charge in [0.2, 0.25) is 10.0 Å². The highest BCUT2D eigenvalue weighted by molar-refractivity contribution is 9.10. The van der Waals surface area contributed by atoms with Crippen LogP contribution in [0.25, 0.3) is 0 Å². The Labute approximate surface area is 108 Å². The summed E-state index contributed by atoms with van der Waals surface area (Å²) in [4.78, 5) is 0.0273. The molecule has 90 valence electrons.